The molecule has 0 atom stereocenters. The molecule has 0 bridgehead atoms. The second kappa shape index (κ2) is 4.61. The van der Waals surface area contributed by atoms with Gasteiger partial charge in [0.25, 0.3) is 5.69 Å². The Balaban J connectivity index is 2.40. The summed E-state index contributed by atoms with van der Waals surface area (Å²) in [6, 6.07) is 4.50. The van der Waals surface area contributed by atoms with Gasteiger partial charge in [-0.1, -0.05) is 16.8 Å². The first-order valence-electron chi connectivity index (χ1n) is 5.07. The van der Waals surface area contributed by atoms with Gasteiger partial charge in [0.1, 0.15) is 0 Å². The van der Waals surface area contributed by atoms with Gasteiger partial charge in [0.05, 0.1) is 22.7 Å². The number of nitrogens with zero attached hydrogens (tertiary/aromatic N) is 4. The SMILES string of the molecule is Cc1c(N)nnn1Cc1ccc(Cl)cc1[N+](=O)[O-]. The zero-order valence-electron chi connectivity index (χ0n) is 9.50. The molecule has 0 saturated carbocycles. The van der Waals surface area contributed by atoms with Crippen LogP contribution in [0.4, 0.5) is 11.5 Å². The maximum Gasteiger partial charge on any atom is 0.275 e. The highest BCUT2D eigenvalue weighted by Crippen LogP contribution is 2.24. The van der Waals surface area contributed by atoms with E-state index in [9.17, 15) is 10.1 Å². The highest BCUT2D eigenvalue weighted by Gasteiger charge is 2.16. The molecule has 0 aliphatic heterocycles. The first-order valence-corrected chi connectivity index (χ1v) is 5.45. The predicted octanol–water partition coefficient (Wildman–Crippen LogP) is 1.78. The van der Waals surface area contributed by atoms with Crippen molar-refractivity contribution in [1.29, 1.82) is 0 Å². The summed E-state index contributed by atoms with van der Waals surface area (Å²) in [5.41, 5.74) is 6.68. The highest BCUT2D eigenvalue weighted by atomic mass is 35.5. The smallest absolute Gasteiger partial charge is 0.275 e. The third-order valence-electron chi connectivity index (χ3n) is 2.58. The average molecular weight is 268 g/mol. The Bertz CT molecular complexity index is 610. The van der Waals surface area contributed by atoms with Gasteiger partial charge in [-0.25, -0.2) is 4.68 Å². The summed E-state index contributed by atoms with van der Waals surface area (Å²) in [4.78, 5) is 10.5. The number of benzene rings is 1. The lowest BCUT2D eigenvalue weighted by Crippen LogP contribution is -2.06. The number of nitro groups is 1. The van der Waals surface area contributed by atoms with E-state index in [2.05, 4.69) is 10.3 Å². The number of rotatable bonds is 3. The Morgan fingerprint density at radius 3 is 2.83 bits per heavy atom. The lowest BCUT2D eigenvalue weighted by atomic mass is 10.2. The Labute approximate surface area is 107 Å². The number of nitro benzene ring substituents is 1. The lowest BCUT2D eigenvalue weighted by molar-refractivity contribution is -0.385. The van der Waals surface area contributed by atoms with Crippen molar-refractivity contribution >= 4 is 23.1 Å². The predicted molar refractivity (Wildman–Crippen MR) is 66.4 cm³/mol. The van der Waals surface area contributed by atoms with Crippen LogP contribution in [0.5, 0.6) is 0 Å². The number of anilines is 1. The standard InChI is InChI=1S/C10H10ClN5O2/c1-6-10(12)13-14-15(6)5-7-2-3-8(11)4-9(7)16(17)18/h2-4H,5,12H2,1H3. The quantitative estimate of drug-likeness (QED) is 0.675. The summed E-state index contributed by atoms with van der Waals surface area (Å²) in [5.74, 6) is 0.312. The molecule has 0 aliphatic rings. The van der Waals surface area contributed by atoms with Gasteiger partial charge in [-0.3, -0.25) is 10.1 Å². The van der Waals surface area contributed by atoms with Crippen LogP contribution < -0.4 is 5.73 Å². The molecular weight excluding hydrogens is 258 g/mol. The Kier molecular flexibility index (Phi) is 3.15. The van der Waals surface area contributed by atoms with Crippen molar-refractivity contribution in [3.63, 3.8) is 0 Å². The zero-order chi connectivity index (χ0) is 13.3. The summed E-state index contributed by atoms with van der Waals surface area (Å²) in [6.07, 6.45) is 0. The Morgan fingerprint density at radius 2 is 2.28 bits per heavy atom. The molecule has 18 heavy (non-hydrogen) atoms. The van der Waals surface area contributed by atoms with E-state index in [1.807, 2.05) is 0 Å². The van der Waals surface area contributed by atoms with Crippen LogP contribution in [0.25, 0.3) is 0 Å². The topological polar surface area (TPSA) is 99.9 Å². The van der Waals surface area contributed by atoms with Crippen LogP contribution >= 0.6 is 11.6 Å². The van der Waals surface area contributed by atoms with Gasteiger partial charge in [0, 0.05) is 11.1 Å². The molecule has 1 heterocycles. The summed E-state index contributed by atoms with van der Waals surface area (Å²) >= 11 is 5.74. The van der Waals surface area contributed by atoms with Crippen molar-refractivity contribution in [1.82, 2.24) is 15.0 Å². The van der Waals surface area contributed by atoms with Crippen LogP contribution in [0, 0.1) is 17.0 Å². The van der Waals surface area contributed by atoms with Crippen molar-refractivity contribution in [3.05, 3.63) is 44.6 Å². The fourth-order valence-electron chi connectivity index (χ4n) is 1.53. The van der Waals surface area contributed by atoms with Crippen LogP contribution in [-0.2, 0) is 6.54 Å². The molecule has 0 fully saturated rings. The van der Waals surface area contributed by atoms with E-state index in [-0.39, 0.29) is 12.2 Å². The third kappa shape index (κ3) is 2.25. The van der Waals surface area contributed by atoms with Crippen molar-refractivity contribution in [3.8, 4) is 0 Å². The van der Waals surface area contributed by atoms with E-state index in [0.717, 1.165) is 0 Å². The number of nitrogen functional groups attached to an aromatic ring is 1. The molecular formula is C10H10ClN5O2. The largest absolute Gasteiger partial charge is 0.381 e. The van der Waals surface area contributed by atoms with Gasteiger partial charge >= 0.3 is 0 Å². The molecule has 0 unspecified atom stereocenters. The molecule has 1 aromatic carbocycles. The van der Waals surface area contributed by atoms with Gasteiger partial charge in [-0.05, 0) is 19.1 Å². The Morgan fingerprint density at radius 1 is 1.56 bits per heavy atom. The molecule has 0 saturated heterocycles. The first kappa shape index (κ1) is 12.3. The molecule has 94 valence electrons. The molecule has 0 radical (unpaired) electrons. The van der Waals surface area contributed by atoms with E-state index in [4.69, 9.17) is 17.3 Å². The van der Waals surface area contributed by atoms with E-state index in [0.29, 0.717) is 22.1 Å². The number of hydrogen-bond acceptors (Lipinski definition) is 5. The van der Waals surface area contributed by atoms with Gasteiger partial charge < -0.3 is 5.73 Å². The molecule has 0 amide bonds. The van der Waals surface area contributed by atoms with Crippen LogP contribution in [0.2, 0.25) is 5.02 Å². The minimum atomic E-state index is -0.475. The first-order chi connectivity index (χ1) is 8.49. The van der Waals surface area contributed by atoms with E-state index >= 15 is 0 Å². The molecule has 2 N–H and O–H groups in total. The fourth-order valence-corrected chi connectivity index (χ4v) is 1.69. The van der Waals surface area contributed by atoms with Gasteiger partial charge in [0.15, 0.2) is 5.82 Å². The molecule has 2 rings (SSSR count). The summed E-state index contributed by atoms with van der Waals surface area (Å²) in [6.45, 7) is 1.97. The minimum Gasteiger partial charge on any atom is -0.381 e. The minimum absolute atomic E-state index is 0.0454. The summed E-state index contributed by atoms with van der Waals surface area (Å²) in [7, 11) is 0. The lowest BCUT2D eigenvalue weighted by Gasteiger charge is -2.05. The van der Waals surface area contributed by atoms with Crippen LogP contribution in [0.15, 0.2) is 18.2 Å². The van der Waals surface area contributed by atoms with E-state index < -0.39 is 4.92 Å². The molecule has 0 spiro atoms. The third-order valence-corrected chi connectivity index (χ3v) is 2.82. The number of hydrogen-bond donors (Lipinski definition) is 1. The molecule has 2 aromatic rings. The van der Waals surface area contributed by atoms with Gasteiger partial charge in [0.2, 0.25) is 0 Å². The summed E-state index contributed by atoms with van der Waals surface area (Å²) in [5, 5.41) is 18.8. The van der Waals surface area contributed by atoms with Crippen molar-refractivity contribution in [2.75, 3.05) is 5.73 Å². The second-order valence-electron chi connectivity index (χ2n) is 3.75. The van der Waals surface area contributed by atoms with Crippen molar-refractivity contribution in [2.45, 2.75) is 13.5 Å². The van der Waals surface area contributed by atoms with Crippen molar-refractivity contribution in [2.24, 2.45) is 0 Å². The monoisotopic (exact) mass is 267 g/mol. The maximum atomic E-state index is 10.9. The normalized spacial score (nSPS) is 10.6. The average Bonchev–Trinajstić information content (AvgIpc) is 2.63. The number of aromatic nitrogens is 3. The summed E-state index contributed by atoms with van der Waals surface area (Å²) < 4.78 is 1.51. The molecule has 0 aliphatic carbocycles. The molecule has 8 heteroatoms. The van der Waals surface area contributed by atoms with Gasteiger partial charge in [-0.15, -0.1) is 5.10 Å². The Hall–Kier alpha value is -2.15. The van der Waals surface area contributed by atoms with Crippen LogP contribution in [0.3, 0.4) is 0 Å². The van der Waals surface area contributed by atoms with Gasteiger partial charge in [-0.2, -0.15) is 0 Å². The van der Waals surface area contributed by atoms with E-state index in [1.165, 1.54) is 10.7 Å². The van der Waals surface area contributed by atoms with Crippen molar-refractivity contribution < 1.29 is 4.92 Å². The van der Waals surface area contributed by atoms with Crippen LogP contribution in [-0.4, -0.2) is 19.9 Å². The number of nitrogens with two attached hydrogens (primary N) is 1. The zero-order valence-corrected chi connectivity index (χ0v) is 10.3. The van der Waals surface area contributed by atoms with E-state index in [1.54, 1.807) is 19.1 Å². The molecule has 1 aromatic heterocycles. The number of halogens is 1. The molecule has 7 nitrogen and oxygen atoms in total. The highest BCUT2D eigenvalue weighted by molar-refractivity contribution is 6.30. The second-order valence-corrected chi connectivity index (χ2v) is 4.18. The van der Waals surface area contributed by atoms with Crippen LogP contribution in [0.1, 0.15) is 11.3 Å². The fraction of sp³-hybridized carbons (Fsp3) is 0.200. The maximum absolute atomic E-state index is 10.9.